The van der Waals surface area contributed by atoms with Crippen LogP contribution in [0.1, 0.15) is 28.9 Å². The zero-order valence-electron chi connectivity index (χ0n) is 11.8. The summed E-state index contributed by atoms with van der Waals surface area (Å²) in [6.45, 7) is 1.96. The first-order valence-electron chi connectivity index (χ1n) is 6.79. The summed E-state index contributed by atoms with van der Waals surface area (Å²) in [5.74, 6) is -0.214. The molecule has 1 atom stereocenters. The van der Waals surface area contributed by atoms with E-state index in [1.54, 1.807) is 6.07 Å². The molecule has 0 saturated heterocycles. The molecule has 112 valence electrons. The van der Waals surface area contributed by atoms with Gasteiger partial charge in [0.05, 0.1) is 15.9 Å². The van der Waals surface area contributed by atoms with E-state index in [-0.39, 0.29) is 11.9 Å². The average molecular weight is 350 g/mol. The number of halogens is 2. The van der Waals surface area contributed by atoms with Crippen LogP contribution in [0.2, 0.25) is 8.67 Å². The van der Waals surface area contributed by atoms with Crippen molar-refractivity contribution in [2.24, 2.45) is 0 Å². The molecular formula is C17H13Cl2NOS. The van der Waals surface area contributed by atoms with Crippen LogP contribution < -0.4 is 5.32 Å². The molecule has 0 aliphatic heterocycles. The lowest BCUT2D eigenvalue weighted by Crippen LogP contribution is -2.26. The number of amides is 1. The topological polar surface area (TPSA) is 29.1 Å². The van der Waals surface area contributed by atoms with Crippen molar-refractivity contribution in [2.75, 3.05) is 0 Å². The van der Waals surface area contributed by atoms with Gasteiger partial charge in [0.15, 0.2) is 0 Å². The molecular weight excluding hydrogens is 337 g/mol. The molecule has 0 bridgehead atoms. The van der Waals surface area contributed by atoms with Crippen LogP contribution >= 0.6 is 34.5 Å². The first-order valence-corrected chi connectivity index (χ1v) is 8.37. The predicted octanol–water partition coefficient (Wildman–Crippen LogP) is 5.70. The number of carbonyl (C=O) groups excluding carboxylic acids is 1. The molecule has 3 aromatic rings. The van der Waals surface area contributed by atoms with Gasteiger partial charge in [-0.25, -0.2) is 0 Å². The molecule has 22 heavy (non-hydrogen) atoms. The third kappa shape index (κ3) is 2.98. The van der Waals surface area contributed by atoms with Crippen LogP contribution in [0.4, 0.5) is 0 Å². The maximum absolute atomic E-state index is 12.4. The maximum Gasteiger partial charge on any atom is 0.254 e. The highest BCUT2D eigenvalue weighted by Gasteiger charge is 2.17. The fourth-order valence-electron chi connectivity index (χ4n) is 2.48. The summed E-state index contributed by atoms with van der Waals surface area (Å²) in [6.07, 6.45) is 0. The van der Waals surface area contributed by atoms with E-state index in [4.69, 9.17) is 23.2 Å². The first-order chi connectivity index (χ1) is 10.6. The van der Waals surface area contributed by atoms with Crippen molar-refractivity contribution >= 4 is 51.2 Å². The Morgan fingerprint density at radius 1 is 1.14 bits per heavy atom. The van der Waals surface area contributed by atoms with Gasteiger partial charge in [0.1, 0.15) is 4.34 Å². The van der Waals surface area contributed by atoms with Gasteiger partial charge in [-0.1, -0.05) is 65.7 Å². The summed E-state index contributed by atoms with van der Waals surface area (Å²) in [5.41, 5.74) is 1.49. The Morgan fingerprint density at radius 3 is 2.59 bits per heavy atom. The molecule has 2 nitrogen and oxygen atoms in total. The van der Waals surface area contributed by atoms with E-state index in [1.807, 2.05) is 31.2 Å². The summed E-state index contributed by atoms with van der Waals surface area (Å²) in [6, 6.07) is 15.7. The smallest absolute Gasteiger partial charge is 0.254 e. The molecule has 0 aliphatic carbocycles. The monoisotopic (exact) mass is 349 g/mol. The predicted molar refractivity (Wildman–Crippen MR) is 94.2 cm³/mol. The fraction of sp³-hybridized carbons (Fsp3) is 0.118. The molecule has 2 aromatic carbocycles. The summed E-state index contributed by atoms with van der Waals surface area (Å²) in [7, 11) is 0. The van der Waals surface area contributed by atoms with Crippen molar-refractivity contribution in [1.29, 1.82) is 0 Å². The van der Waals surface area contributed by atoms with Crippen LogP contribution in [0.3, 0.4) is 0 Å². The zero-order chi connectivity index (χ0) is 15.7. The minimum absolute atomic E-state index is 0.131. The van der Waals surface area contributed by atoms with Gasteiger partial charge in [-0.15, -0.1) is 11.3 Å². The van der Waals surface area contributed by atoms with Gasteiger partial charge >= 0.3 is 0 Å². The SMILES string of the molecule is CC(NC(=O)c1cc(Cl)sc1Cl)c1cccc2ccccc12. The molecule has 0 spiro atoms. The van der Waals surface area contributed by atoms with E-state index in [1.165, 1.54) is 11.3 Å². The molecule has 1 heterocycles. The second kappa shape index (κ2) is 6.29. The molecule has 0 fully saturated rings. The fourth-order valence-corrected chi connectivity index (χ4v) is 3.93. The van der Waals surface area contributed by atoms with Crippen LogP contribution in [0.25, 0.3) is 10.8 Å². The van der Waals surface area contributed by atoms with Gasteiger partial charge in [-0.3, -0.25) is 4.79 Å². The number of benzene rings is 2. The Labute approximate surface area is 142 Å². The lowest BCUT2D eigenvalue weighted by Gasteiger charge is -2.16. The molecule has 0 aliphatic rings. The number of hydrogen-bond donors (Lipinski definition) is 1. The minimum atomic E-state index is -0.214. The van der Waals surface area contributed by atoms with Crippen LogP contribution in [0.5, 0.6) is 0 Å². The van der Waals surface area contributed by atoms with Crippen molar-refractivity contribution in [3.63, 3.8) is 0 Å². The molecule has 1 aromatic heterocycles. The van der Waals surface area contributed by atoms with Crippen molar-refractivity contribution in [2.45, 2.75) is 13.0 Å². The van der Waals surface area contributed by atoms with Crippen LogP contribution in [-0.4, -0.2) is 5.91 Å². The van der Waals surface area contributed by atoms with Crippen LogP contribution in [0, 0.1) is 0 Å². The second-order valence-corrected chi connectivity index (χ2v) is 7.29. The summed E-state index contributed by atoms with van der Waals surface area (Å²) < 4.78 is 0.917. The first kappa shape index (κ1) is 15.3. The largest absolute Gasteiger partial charge is 0.345 e. The maximum atomic E-state index is 12.4. The van der Waals surface area contributed by atoms with E-state index >= 15 is 0 Å². The number of nitrogens with one attached hydrogen (secondary N) is 1. The molecule has 3 rings (SSSR count). The van der Waals surface area contributed by atoms with E-state index in [9.17, 15) is 4.79 Å². The van der Waals surface area contributed by atoms with E-state index in [0.717, 1.165) is 16.3 Å². The van der Waals surface area contributed by atoms with Crippen molar-refractivity contribution in [3.05, 3.63) is 68.3 Å². The Hall–Kier alpha value is -1.55. The zero-order valence-corrected chi connectivity index (χ0v) is 14.1. The molecule has 1 N–H and O–H groups in total. The van der Waals surface area contributed by atoms with Crippen molar-refractivity contribution in [1.82, 2.24) is 5.32 Å². The van der Waals surface area contributed by atoms with Gasteiger partial charge in [-0.05, 0) is 29.3 Å². The quantitative estimate of drug-likeness (QED) is 0.645. The number of fused-ring (bicyclic) bond motifs is 1. The second-order valence-electron chi connectivity index (χ2n) is 5.00. The van der Waals surface area contributed by atoms with E-state index < -0.39 is 0 Å². The van der Waals surface area contributed by atoms with Gasteiger partial charge < -0.3 is 5.32 Å². The van der Waals surface area contributed by atoms with E-state index in [2.05, 4.69) is 23.5 Å². The summed E-state index contributed by atoms with van der Waals surface area (Å²) in [4.78, 5) is 12.4. The van der Waals surface area contributed by atoms with Crippen molar-refractivity contribution in [3.8, 4) is 0 Å². The van der Waals surface area contributed by atoms with Gasteiger partial charge in [0.25, 0.3) is 5.91 Å². The lowest BCUT2D eigenvalue weighted by molar-refractivity contribution is 0.0941. The number of rotatable bonds is 3. The standard InChI is InChI=1S/C17H13Cl2NOS/c1-10(20-17(21)14-9-15(18)22-16(14)19)12-8-4-6-11-5-2-3-7-13(11)12/h2-10H,1H3,(H,20,21). The summed E-state index contributed by atoms with van der Waals surface area (Å²) in [5, 5.41) is 5.27. The Morgan fingerprint density at radius 2 is 1.86 bits per heavy atom. The third-order valence-electron chi connectivity index (χ3n) is 3.54. The van der Waals surface area contributed by atoms with Crippen LogP contribution in [0.15, 0.2) is 48.5 Å². The molecule has 5 heteroatoms. The highest BCUT2D eigenvalue weighted by Crippen LogP contribution is 2.32. The average Bonchev–Trinajstić information content (AvgIpc) is 2.85. The lowest BCUT2D eigenvalue weighted by atomic mass is 9.99. The Kier molecular flexibility index (Phi) is 4.39. The number of carbonyl (C=O) groups is 1. The normalized spacial score (nSPS) is 12.3. The molecule has 0 radical (unpaired) electrons. The van der Waals surface area contributed by atoms with Gasteiger partial charge in [0.2, 0.25) is 0 Å². The minimum Gasteiger partial charge on any atom is -0.345 e. The molecule has 1 unspecified atom stereocenters. The third-order valence-corrected chi connectivity index (χ3v) is 5.03. The molecule has 0 saturated carbocycles. The molecule has 1 amide bonds. The Balaban J connectivity index is 1.89. The highest BCUT2D eigenvalue weighted by atomic mass is 35.5. The van der Waals surface area contributed by atoms with Crippen molar-refractivity contribution < 1.29 is 4.79 Å². The Bertz CT molecular complexity index is 838. The number of thiophene rings is 1. The van der Waals surface area contributed by atoms with Gasteiger partial charge in [-0.2, -0.15) is 0 Å². The highest BCUT2D eigenvalue weighted by molar-refractivity contribution is 7.20. The number of hydrogen-bond acceptors (Lipinski definition) is 2. The van der Waals surface area contributed by atoms with Crippen LogP contribution in [-0.2, 0) is 0 Å². The summed E-state index contributed by atoms with van der Waals surface area (Å²) >= 11 is 13.1. The van der Waals surface area contributed by atoms with Gasteiger partial charge in [0, 0.05) is 0 Å². The van der Waals surface area contributed by atoms with E-state index in [0.29, 0.717) is 14.2 Å².